The van der Waals surface area contributed by atoms with Crippen LogP contribution in [-0.2, 0) is 33.5 Å². The first-order valence-electron chi connectivity index (χ1n) is 13.9. The molecule has 3 atom stereocenters. The van der Waals surface area contributed by atoms with Crippen molar-refractivity contribution in [2.45, 2.75) is 90.9 Å². The molecule has 204 valence electrons. The molecule has 1 fully saturated rings. The number of aliphatic hydroxyl groups excluding tert-OH is 1. The zero-order chi connectivity index (χ0) is 26.8. The van der Waals surface area contributed by atoms with Crippen LogP contribution in [0.4, 0.5) is 0 Å². The first-order chi connectivity index (χ1) is 17.8. The Labute approximate surface area is 228 Å². The van der Waals surface area contributed by atoms with Gasteiger partial charge in [-0.2, -0.15) is 0 Å². The number of carbonyl (C=O) groups excluding carboxylic acids is 1. The molecule has 0 bridgehead atoms. The molecule has 0 aromatic heterocycles. The minimum atomic E-state index is -0.556. The van der Waals surface area contributed by atoms with E-state index < -0.39 is 6.10 Å². The number of halogens is 1. The molecule has 0 aliphatic carbocycles. The lowest BCUT2D eigenvalue weighted by Gasteiger charge is -2.28. The van der Waals surface area contributed by atoms with Gasteiger partial charge in [-0.3, -0.25) is 9.69 Å². The molecule has 1 aliphatic heterocycles. The van der Waals surface area contributed by atoms with Gasteiger partial charge in [-0.25, -0.2) is 0 Å². The summed E-state index contributed by atoms with van der Waals surface area (Å²) in [6.45, 7) is 10.4. The molecule has 1 saturated heterocycles. The van der Waals surface area contributed by atoms with Crippen LogP contribution in [0.2, 0.25) is 5.02 Å². The summed E-state index contributed by atoms with van der Waals surface area (Å²) in [7, 11) is 0. The number of benzene rings is 2. The maximum absolute atomic E-state index is 11.9. The minimum absolute atomic E-state index is 0.122. The van der Waals surface area contributed by atoms with Gasteiger partial charge >= 0.3 is 5.97 Å². The molecule has 6 heteroatoms. The molecule has 3 rings (SSSR count). The summed E-state index contributed by atoms with van der Waals surface area (Å²) >= 11 is 6.31. The van der Waals surface area contributed by atoms with Gasteiger partial charge < -0.3 is 14.6 Å². The average Bonchev–Trinajstić information content (AvgIpc) is 3.31. The summed E-state index contributed by atoms with van der Waals surface area (Å²) in [5.74, 6) is -0.177. The van der Waals surface area contributed by atoms with Gasteiger partial charge in [0.15, 0.2) is 0 Å². The van der Waals surface area contributed by atoms with Crippen LogP contribution < -0.4 is 0 Å². The monoisotopic (exact) mass is 529 g/mol. The smallest absolute Gasteiger partial charge is 0.306 e. The third-order valence-corrected chi connectivity index (χ3v) is 7.69. The molecule has 0 saturated carbocycles. The molecular weight excluding hydrogens is 486 g/mol. The van der Waals surface area contributed by atoms with Crippen LogP contribution in [0.3, 0.4) is 0 Å². The SMILES string of the molecule is CCOC(=O)CCc1cc(C)ccc1[C@@H](CC)OC[C@H](O)CN1CCC[C@H]1Cc1ccc(Cl)c(CC)c1. The van der Waals surface area contributed by atoms with E-state index in [1.807, 2.05) is 13.0 Å². The van der Waals surface area contributed by atoms with Crippen molar-refractivity contribution in [2.75, 3.05) is 26.3 Å². The van der Waals surface area contributed by atoms with E-state index in [2.05, 4.69) is 56.0 Å². The zero-order valence-corrected chi connectivity index (χ0v) is 23.7. The van der Waals surface area contributed by atoms with Gasteiger partial charge in [-0.15, -0.1) is 0 Å². The molecular formula is C31H44ClNO4. The second-order valence-electron chi connectivity index (χ2n) is 10.2. The zero-order valence-electron chi connectivity index (χ0n) is 23.0. The lowest BCUT2D eigenvalue weighted by molar-refractivity contribution is -0.143. The molecule has 0 amide bonds. The van der Waals surface area contributed by atoms with E-state index in [0.717, 1.165) is 60.4 Å². The summed E-state index contributed by atoms with van der Waals surface area (Å²) in [4.78, 5) is 14.3. The fraction of sp³-hybridized carbons (Fsp3) is 0.581. The van der Waals surface area contributed by atoms with E-state index in [0.29, 0.717) is 32.0 Å². The standard InChI is InChI=1S/C31H44ClNO4/c1-5-24-18-23(11-14-29(24)32)19-26-9-8-16-33(26)20-27(34)21-37-30(6-2)28-13-10-22(4)17-25(28)12-15-31(35)36-7-3/h10-11,13-14,17-18,26-27,30,34H,5-9,12,15-16,19-21H2,1-4H3/t26-,27+,30+/m0/s1. The summed E-state index contributed by atoms with van der Waals surface area (Å²) in [5.41, 5.74) is 5.87. The van der Waals surface area contributed by atoms with Gasteiger partial charge in [0.25, 0.3) is 0 Å². The molecule has 1 N–H and O–H groups in total. The first kappa shape index (κ1) is 29.6. The number of nitrogens with zero attached hydrogens (tertiary/aromatic N) is 1. The Bertz CT molecular complexity index is 1010. The predicted octanol–water partition coefficient (Wildman–Crippen LogP) is 6.24. The number of likely N-dealkylation sites (tertiary alicyclic amines) is 1. The minimum Gasteiger partial charge on any atom is -0.466 e. The van der Waals surface area contributed by atoms with Crippen LogP contribution in [0, 0.1) is 6.92 Å². The van der Waals surface area contributed by atoms with Crippen molar-refractivity contribution in [2.24, 2.45) is 0 Å². The molecule has 2 aromatic carbocycles. The van der Waals surface area contributed by atoms with Crippen molar-refractivity contribution >= 4 is 17.6 Å². The third kappa shape index (κ3) is 8.81. The molecule has 37 heavy (non-hydrogen) atoms. The van der Waals surface area contributed by atoms with Crippen molar-refractivity contribution in [1.82, 2.24) is 4.90 Å². The quantitative estimate of drug-likeness (QED) is 0.293. The highest BCUT2D eigenvalue weighted by Gasteiger charge is 2.27. The van der Waals surface area contributed by atoms with Gasteiger partial charge in [-0.1, -0.05) is 61.3 Å². The Kier molecular flexibility index (Phi) is 11.9. The van der Waals surface area contributed by atoms with E-state index >= 15 is 0 Å². The largest absolute Gasteiger partial charge is 0.466 e. The number of ether oxygens (including phenoxy) is 2. The number of esters is 1. The highest BCUT2D eigenvalue weighted by molar-refractivity contribution is 6.31. The molecule has 5 nitrogen and oxygen atoms in total. The van der Waals surface area contributed by atoms with Crippen LogP contribution in [0.1, 0.15) is 80.4 Å². The Morgan fingerprint density at radius 1 is 1.16 bits per heavy atom. The topological polar surface area (TPSA) is 59.0 Å². The number of aliphatic hydroxyl groups is 1. The van der Waals surface area contributed by atoms with Gasteiger partial charge in [0.2, 0.25) is 0 Å². The van der Waals surface area contributed by atoms with E-state index in [4.69, 9.17) is 21.1 Å². The van der Waals surface area contributed by atoms with Crippen molar-refractivity contribution < 1.29 is 19.4 Å². The normalized spacial score (nSPS) is 17.6. The number of rotatable bonds is 14. The van der Waals surface area contributed by atoms with Crippen LogP contribution in [0.25, 0.3) is 0 Å². The Morgan fingerprint density at radius 3 is 2.70 bits per heavy atom. The van der Waals surface area contributed by atoms with Crippen LogP contribution >= 0.6 is 11.6 Å². The number of β-amino-alcohol motifs (C(OH)–C–C–N with tert-alkyl or cyclic N) is 1. The second-order valence-corrected chi connectivity index (χ2v) is 10.6. The predicted molar refractivity (Wildman–Crippen MR) is 150 cm³/mol. The Balaban J connectivity index is 1.57. The van der Waals surface area contributed by atoms with Gasteiger partial charge in [0.05, 0.1) is 25.4 Å². The molecule has 1 aliphatic rings. The third-order valence-electron chi connectivity index (χ3n) is 7.32. The fourth-order valence-corrected chi connectivity index (χ4v) is 5.63. The van der Waals surface area contributed by atoms with Gasteiger partial charge in [0, 0.05) is 24.0 Å². The number of hydrogen-bond acceptors (Lipinski definition) is 5. The molecule has 0 unspecified atom stereocenters. The molecule has 0 radical (unpaired) electrons. The Morgan fingerprint density at radius 2 is 1.97 bits per heavy atom. The average molecular weight is 530 g/mol. The fourth-order valence-electron chi connectivity index (χ4n) is 5.38. The number of aryl methyl sites for hydroxylation is 3. The van der Waals surface area contributed by atoms with Crippen molar-refractivity contribution in [3.8, 4) is 0 Å². The maximum atomic E-state index is 11.9. The van der Waals surface area contributed by atoms with Crippen LogP contribution in [0.5, 0.6) is 0 Å². The summed E-state index contributed by atoms with van der Waals surface area (Å²) in [6, 6.07) is 13.1. The molecule has 2 aromatic rings. The van der Waals surface area contributed by atoms with Gasteiger partial charge in [0.1, 0.15) is 0 Å². The second kappa shape index (κ2) is 14.9. The lowest BCUT2D eigenvalue weighted by atomic mass is 9.95. The van der Waals surface area contributed by atoms with Crippen molar-refractivity contribution in [3.63, 3.8) is 0 Å². The highest BCUT2D eigenvalue weighted by atomic mass is 35.5. The van der Waals surface area contributed by atoms with E-state index in [1.54, 1.807) is 0 Å². The molecule has 0 spiro atoms. The van der Waals surface area contributed by atoms with Gasteiger partial charge in [-0.05, 0) is 87.2 Å². The Hall–Kier alpha value is -1.92. The molecule has 1 heterocycles. The maximum Gasteiger partial charge on any atom is 0.306 e. The number of carbonyl (C=O) groups is 1. The summed E-state index contributed by atoms with van der Waals surface area (Å²) < 4.78 is 11.4. The number of hydrogen-bond donors (Lipinski definition) is 1. The first-order valence-corrected chi connectivity index (χ1v) is 14.3. The lowest BCUT2D eigenvalue weighted by Crippen LogP contribution is -2.39. The van der Waals surface area contributed by atoms with Crippen molar-refractivity contribution in [1.29, 1.82) is 0 Å². The summed E-state index contributed by atoms with van der Waals surface area (Å²) in [6.07, 6.45) is 5.29. The van der Waals surface area contributed by atoms with Crippen molar-refractivity contribution in [3.05, 3.63) is 69.2 Å². The van der Waals surface area contributed by atoms with Crippen LogP contribution in [0.15, 0.2) is 36.4 Å². The van der Waals surface area contributed by atoms with E-state index in [-0.39, 0.29) is 18.7 Å². The summed E-state index contributed by atoms with van der Waals surface area (Å²) in [5, 5.41) is 11.7. The van der Waals surface area contributed by atoms with E-state index in [9.17, 15) is 9.90 Å². The van der Waals surface area contributed by atoms with Crippen LogP contribution in [-0.4, -0.2) is 54.4 Å². The highest BCUT2D eigenvalue weighted by Crippen LogP contribution is 2.28. The van der Waals surface area contributed by atoms with E-state index in [1.165, 1.54) is 11.1 Å².